The van der Waals surface area contributed by atoms with Crippen molar-refractivity contribution >= 4 is 18.1 Å². The number of halogens is 1. The number of piperidine rings is 1. The number of rotatable bonds is 3. The summed E-state index contributed by atoms with van der Waals surface area (Å²) in [5.41, 5.74) is 4.03. The number of nitrogens with zero attached hydrogens (tertiary/aromatic N) is 4. The van der Waals surface area contributed by atoms with Crippen LogP contribution in [0.25, 0.3) is 28.5 Å². The van der Waals surface area contributed by atoms with Gasteiger partial charge in [0.25, 0.3) is 11.4 Å². The third-order valence-electron chi connectivity index (χ3n) is 5.26. The van der Waals surface area contributed by atoms with Gasteiger partial charge in [0.1, 0.15) is 5.65 Å². The third-order valence-corrected chi connectivity index (χ3v) is 5.26. The van der Waals surface area contributed by atoms with Gasteiger partial charge in [0.15, 0.2) is 0 Å². The first-order chi connectivity index (χ1) is 13.7. The van der Waals surface area contributed by atoms with Crippen molar-refractivity contribution < 1.29 is 4.52 Å². The quantitative estimate of drug-likeness (QED) is 0.536. The molecule has 1 aromatic carbocycles. The van der Waals surface area contributed by atoms with Crippen LogP contribution >= 0.6 is 12.4 Å². The Morgan fingerprint density at radius 3 is 2.69 bits per heavy atom. The zero-order chi connectivity index (χ0) is 19.1. The maximum absolute atomic E-state index is 12.3. The van der Waals surface area contributed by atoms with E-state index in [4.69, 9.17) is 4.52 Å². The molecule has 9 heteroatoms. The van der Waals surface area contributed by atoms with E-state index in [0.717, 1.165) is 42.8 Å². The van der Waals surface area contributed by atoms with Gasteiger partial charge in [-0.1, -0.05) is 22.9 Å². The maximum atomic E-state index is 12.3. The lowest BCUT2D eigenvalue weighted by atomic mass is 9.94. The van der Waals surface area contributed by atoms with E-state index >= 15 is 0 Å². The third kappa shape index (κ3) is 3.56. The van der Waals surface area contributed by atoms with Crippen molar-refractivity contribution in [2.45, 2.75) is 25.7 Å². The molecule has 0 bridgehead atoms. The largest absolute Gasteiger partial charge is 0.334 e. The molecular formula is C20H21ClN6O2. The Balaban J connectivity index is 0.00000205. The Bertz CT molecular complexity index is 1190. The predicted molar refractivity (Wildman–Crippen MR) is 111 cm³/mol. The van der Waals surface area contributed by atoms with Crippen molar-refractivity contribution in [3.63, 3.8) is 0 Å². The molecule has 0 spiro atoms. The van der Waals surface area contributed by atoms with Gasteiger partial charge < -0.3 is 14.8 Å². The Hall–Kier alpha value is -2.97. The van der Waals surface area contributed by atoms with Crippen molar-refractivity contribution in [3.05, 3.63) is 58.1 Å². The summed E-state index contributed by atoms with van der Waals surface area (Å²) in [7, 11) is 0. The number of nitrogens with one attached hydrogen (secondary N) is 2. The zero-order valence-electron chi connectivity index (χ0n) is 15.9. The fourth-order valence-electron chi connectivity index (χ4n) is 3.73. The fourth-order valence-corrected chi connectivity index (χ4v) is 3.73. The van der Waals surface area contributed by atoms with Crippen LogP contribution in [0.5, 0.6) is 0 Å². The maximum Gasteiger partial charge on any atom is 0.258 e. The van der Waals surface area contributed by atoms with Crippen LogP contribution in [0, 0.1) is 6.92 Å². The van der Waals surface area contributed by atoms with Gasteiger partial charge in [-0.15, -0.1) is 12.4 Å². The summed E-state index contributed by atoms with van der Waals surface area (Å²) in [4.78, 5) is 19.7. The summed E-state index contributed by atoms with van der Waals surface area (Å²) >= 11 is 0. The van der Waals surface area contributed by atoms with Crippen LogP contribution in [0.15, 0.2) is 45.8 Å². The summed E-state index contributed by atoms with van der Waals surface area (Å²) in [5, 5.41) is 12.0. The molecule has 0 saturated carbocycles. The van der Waals surface area contributed by atoms with Gasteiger partial charge in [-0.05, 0) is 45.0 Å². The molecule has 1 aliphatic heterocycles. The Labute approximate surface area is 172 Å². The SMILES string of the molecule is Cc1ccc(-c2nc(-c3cnn4c(C5CCNCC5)cc(=O)[nH]c34)no2)cc1.Cl. The molecule has 2 N–H and O–H groups in total. The molecule has 4 aromatic rings. The molecular weight excluding hydrogens is 392 g/mol. The summed E-state index contributed by atoms with van der Waals surface area (Å²) in [6.45, 7) is 3.91. The van der Waals surface area contributed by atoms with Gasteiger partial charge >= 0.3 is 0 Å². The van der Waals surface area contributed by atoms with E-state index in [9.17, 15) is 4.79 Å². The molecule has 4 heterocycles. The van der Waals surface area contributed by atoms with Crippen molar-refractivity contribution in [1.82, 2.24) is 30.1 Å². The van der Waals surface area contributed by atoms with Crippen molar-refractivity contribution in [2.24, 2.45) is 0 Å². The minimum atomic E-state index is -0.148. The first-order valence-electron chi connectivity index (χ1n) is 9.42. The Morgan fingerprint density at radius 1 is 1.17 bits per heavy atom. The lowest BCUT2D eigenvalue weighted by molar-refractivity contribution is 0.432. The van der Waals surface area contributed by atoms with Crippen molar-refractivity contribution in [3.8, 4) is 22.8 Å². The smallest absolute Gasteiger partial charge is 0.258 e. The number of H-pyrrole nitrogens is 1. The monoisotopic (exact) mass is 412 g/mol. The summed E-state index contributed by atoms with van der Waals surface area (Å²) < 4.78 is 7.24. The van der Waals surface area contributed by atoms with Gasteiger partial charge in [0, 0.05) is 17.5 Å². The first-order valence-corrected chi connectivity index (χ1v) is 9.42. The number of hydrogen-bond acceptors (Lipinski definition) is 6. The number of benzene rings is 1. The van der Waals surface area contributed by atoms with E-state index in [2.05, 4.69) is 25.5 Å². The highest BCUT2D eigenvalue weighted by Gasteiger charge is 2.22. The van der Waals surface area contributed by atoms with Crippen LogP contribution in [0.3, 0.4) is 0 Å². The Kier molecular flexibility index (Phi) is 5.21. The van der Waals surface area contributed by atoms with E-state index in [0.29, 0.717) is 28.8 Å². The van der Waals surface area contributed by atoms with Gasteiger partial charge in [-0.25, -0.2) is 4.52 Å². The average molecular weight is 413 g/mol. The molecule has 150 valence electrons. The topological polar surface area (TPSA) is 101 Å². The van der Waals surface area contributed by atoms with E-state index in [1.54, 1.807) is 16.8 Å². The molecule has 3 aromatic heterocycles. The van der Waals surface area contributed by atoms with Gasteiger partial charge in [-0.3, -0.25) is 4.79 Å². The lowest BCUT2D eigenvalue weighted by Gasteiger charge is -2.23. The highest BCUT2D eigenvalue weighted by molar-refractivity contribution is 5.85. The normalized spacial score (nSPS) is 14.8. The van der Waals surface area contributed by atoms with E-state index < -0.39 is 0 Å². The molecule has 1 aliphatic rings. The van der Waals surface area contributed by atoms with E-state index in [1.165, 1.54) is 0 Å². The number of aryl methyl sites for hydroxylation is 1. The van der Waals surface area contributed by atoms with Crippen molar-refractivity contribution in [1.29, 1.82) is 0 Å². The van der Waals surface area contributed by atoms with Crippen molar-refractivity contribution in [2.75, 3.05) is 13.1 Å². The second-order valence-electron chi connectivity index (χ2n) is 7.19. The number of aromatic amines is 1. The summed E-state index contributed by atoms with van der Waals surface area (Å²) in [6, 6.07) is 9.53. The second-order valence-corrected chi connectivity index (χ2v) is 7.19. The second kappa shape index (κ2) is 7.81. The molecule has 1 saturated heterocycles. The highest BCUT2D eigenvalue weighted by atomic mass is 35.5. The van der Waals surface area contributed by atoms with Gasteiger partial charge in [0.2, 0.25) is 5.82 Å². The van der Waals surface area contributed by atoms with Gasteiger partial charge in [-0.2, -0.15) is 10.1 Å². The number of fused-ring (bicyclic) bond motifs is 1. The molecule has 0 amide bonds. The minimum absolute atomic E-state index is 0. The number of aromatic nitrogens is 5. The summed E-state index contributed by atoms with van der Waals surface area (Å²) in [5.74, 6) is 1.14. The van der Waals surface area contributed by atoms with Crippen LogP contribution < -0.4 is 10.9 Å². The standard InChI is InChI=1S/C20H20N6O2.ClH/c1-12-2-4-14(5-3-12)20-24-18(25-28-20)15-11-22-26-16(10-17(27)23-19(15)26)13-6-8-21-9-7-13;/h2-5,10-11,13,21H,6-9H2,1H3,(H,23,27);1H. The molecule has 0 unspecified atom stereocenters. The van der Waals surface area contributed by atoms with Crippen LogP contribution in [-0.2, 0) is 0 Å². The van der Waals surface area contributed by atoms with Gasteiger partial charge in [0.05, 0.1) is 17.5 Å². The van der Waals surface area contributed by atoms with Crippen LogP contribution in [-0.4, -0.2) is 37.8 Å². The number of hydrogen-bond donors (Lipinski definition) is 2. The van der Waals surface area contributed by atoms with E-state index in [-0.39, 0.29) is 18.0 Å². The molecule has 0 aliphatic carbocycles. The predicted octanol–water partition coefficient (Wildman–Crippen LogP) is 2.94. The lowest BCUT2D eigenvalue weighted by Crippen LogP contribution is -2.28. The molecule has 0 atom stereocenters. The Morgan fingerprint density at radius 2 is 1.93 bits per heavy atom. The molecule has 29 heavy (non-hydrogen) atoms. The van der Waals surface area contributed by atoms with Crippen LogP contribution in [0.4, 0.5) is 0 Å². The molecule has 0 radical (unpaired) electrons. The average Bonchev–Trinajstić information content (AvgIpc) is 3.35. The summed E-state index contributed by atoms with van der Waals surface area (Å²) in [6.07, 6.45) is 3.64. The zero-order valence-corrected chi connectivity index (χ0v) is 16.7. The van der Waals surface area contributed by atoms with Crippen LogP contribution in [0.1, 0.15) is 30.0 Å². The first kappa shape index (κ1) is 19.4. The molecule has 8 nitrogen and oxygen atoms in total. The highest BCUT2D eigenvalue weighted by Crippen LogP contribution is 2.28. The van der Waals surface area contributed by atoms with E-state index in [1.807, 2.05) is 31.2 Å². The fraction of sp³-hybridized carbons (Fsp3) is 0.300. The molecule has 5 rings (SSSR count). The molecule has 1 fully saturated rings. The minimum Gasteiger partial charge on any atom is -0.334 e. The van der Waals surface area contributed by atoms with Crippen LogP contribution in [0.2, 0.25) is 0 Å².